The van der Waals surface area contributed by atoms with Crippen molar-refractivity contribution in [2.24, 2.45) is 0 Å². The number of rotatable bonds is 8. The Balaban J connectivity index is 1.42. The predicted octanol–water partition coefficient (Wildman–Crippen LogP) is 5.02. The SMILES string of the molecule is CCS(=O)(=O)c1ccc(CC(=O)Nc2ccc(OC3(c4ccc(F)c(F)c4)CCOCC3)cc2)cc1. The molecule has 1 aliphatic heterocycles. The first-order valence-corrected chi connectivity index (χ1v) is 13.3. The van der Waals surface area contributed by atoms with E-state index >= 15 is 0 Å². The molecule has 0 radical (unpaired) electrons. The zero-order valence-electron chi connectivity index (χ0n) is 19.8. The van der Waals surface area contributed by atoms with Crippen LogP contribution in [0.4, 0.5) is 14.5 Å². The number of anilines is 1. The Bertz CT molecular complexity index is 1320. The number of halogens is 2. The fourth-order valence-corrected chi connectivity index (χ4v) is 5.02. The van der Waals surface area contributed by atoms with Crippen LogP contribution in [0, 0.1) is 11.6 Å². The van der Waals surface area contributed by atoms with E-state index in [0.717, 1.165) is 6.07 Å². The number of carbonyl (C=O) groups is 1. The maximum atomic E-state index is 13.9. The van der Waals surface area contributed by atoms with Crippen molar-refractivity contribution in [1.29, 1.82) is 0 Å². The van der Waals surface area contributed by atoms with Gasteiger partial charge in [0.2, 0.25) is 5.91 Å². The van der Waals surface area contributed by atoms with Crippen LogP contribution >= 0.6 is 0 Å². The maximum Gasteiger partial charge on any atom is 0.228 e. The second-order valence-electron chi connectivity index (χ2n) is 8.63. The lowest BCUT2D eigenvalue weighted by atomic mass is 9.86. The fourth-order valence-electron chi connectivity index (χ4n) is 4.13. The monoisotopic (exact) mass is 515 g/mol. The Morgan fingerprint density at radius 1 is 0.972 bits per heavy atom. The number of sulfone groups is 1. The summed E-state index contributed by atoms with van der Waals surface area (Å²) < 4.78 is 63.0. The Hall–Kier alpha value is -3.30. The van der Waals surface area contributed by atoms with E-state index in [1.807, 2.05) is 0 Å². The summed E-state index contributed by atoms with van der Waals surface area (Å²) in [7, 11) is -3.29. The molecule has 1 N–H and O–H groups in total. The number of nitrogens with one attached hydrogen (secondary N) is 1. The van der Waals surface area contributed by atoms with Crippen molar-refractivity contribution < 1.29 is 31.5 Å². The van der Waals surface area contributed by atoms with Gasteiger partial charge in [0.1, 0.15) is 11.4 Å². The lowest BCUT2D eigenvalue weighted by Gasteiger charge is -2.38. The second kappa shape index (κ2) is 10.8. The molecule has 1 heterocycles. The van der Waals surface area contributed by atoms with Gasteiger partial charge in [-0.2, -0.15) is 0 Å². The van der Waals surface area contributed by atoms with Crippen molar-refractivity contribution in [3.8, 4) is 5.75 Å². The minimum absolute atomic E-state index is 0.0161. The van der Waals surface area contributed by atoms with Gasteiger partial charge in [0.15, 0.2) is 21.5 Å². The van der Waals surface area contributed by atoms with Gasteiger partial charge in [0.05, 0.1) is 30.3 Å². The van der Waals surface area contributed by atoms with E-state index in [4.69, 9.17) is 9.47 Å². The molecule has 36 heavy (non-hydrogen) atoms. The van der Waals surface area contributed by atoms with Crippen molar-refractivity contribution in [2.45, 2.75) is 36.7 Å². The van der Waals surface area contributed by atoms with E-state index < -0.39 is 27.1 Å². The van der Waals surface area contributed by atoms with Crippen molar-refractivity contribution in [1.82, 2.24) is 0 Å². The summed E-state index contributed by atoms with van der Waals surface area (Å²) in [6, 6.07) is 16.9. The van der Waals surface area contributed by atoms with Crippen molar-refractivity contribution >= 4 is 21.4 Å². The summed E-state index contributed by atoms with van der Waals surface area (Å²) in [6.45, 7) is 2.44. The second-order valence-corrected chi connectivity index (χ2v) is 10.9. The first kappa shape index (κ1) is 25.8. The molecule has 0 spiro atoms. The van der Waals surface area contributed by atoms with Crippen LogP contribution in [0.1, 0.15) is 30.9 Å². The van der Waals surface area contributed by atoms with Crippen LogP contribution < -0.4 is 10.1 Å². The standard InChI is InChI=1S/C27H27F2NO5S/c1-2-36(32,33)23-10-3-19(4-11-23)17-26(31)30-21-6-8-22(9-7-21)35-27(13-15-34-16-14-27)20-5-12-24(28)25(29)18-20/h3-12,18H,2,13-17H2,1H3,(H,30,31). The smallest absolute Gasteiger partial charge is 0.228 e. The predicted molar refractivity (Wildman–Crippen MR) is 132 cm³/mol. The molecule has 3 aromatic rings. The molecule has 190 valence electrons. The first-order valence-electron chi connectivity index (χ1n) is 11.6. The van der Waals surface area contributed by atoms with Gasteiger partial charge in [0, 0.05) is 18.5 Å². The van der Waals surface area contributed by atoms with Crippen LogP contribution in [0.3, 0.4) is 0 Å². The van der Waals surface area contributed by atoms with Crippen LogP contribution in [0.2, 0.25) is 0 Å². The molecule has 1 fully saturated rings. The van der Waals surface area contributed by atoms with Crippen LogP contribution in [-0.2, 0) is 31.4 Å². The summed E-state index contributed by atoms with van der Waals surface area (Å²) >= 11 is 0. The highest BCUT2D eigenvalue weighted by Gasteiger charge is 2.37. The van der Waals surface area contributed by atoms with Crippen LogP contribution in [-0.4, -0.2) is 33.3 Å². The van der Waals surface area contributed by atoms with Crippen molar-refractivity contribution in [3.63, 3.8) is 0 Å². The Morgan fingerprint density at radius 2 is 1.64 bits per heavy atom. The van der Waals surface area contributed by atoms with Crippen LogP contribution in [0.25, 0.3) is 0 Å². The summed E-state index contributed by atoms with van der Waals surface area (Å²) in [5.74, 6) is -1.56. The molecule has 0 unspecified atom stereocenters. The Labute approximate surface area is 209 Å². The lowest BCUT2D eigenvalue weighted by molar-refractivity contribution is -0.115. The third-order valence-electron chi connectivity index (χ3n) is 6.22. The highest BCUT2D eigenvalue weighted by Crippen LogP contribution is 2.38. The molecule has 1 aliphatic rings. The molecule has 6 nitrogen and oxygen atoms in total. The molecule has 0 aromatic heterocycles. The van der Waals surface area contributed by atoms with Crippen molar-refractivity contribution in [3.05, 3.63) is 89.5 Å². The molecule has 0 aliphatic carbocycles. The summed E-state index contributed by atoms with van der Waals surface area (Å²) in [5, 5.41) is 2.81. The van der Waals surface area contributed by atoms with Gasteiger partial charge in [0.25, 0.3) is 0 Å². The molecule has 0 bridgehead atoms. The molecular weight excluding hydrogens is 488 g/mol. The molecule has 4 rings (SSSR count). The minimum atomic E-state index is -3.29. The normalized spacial score (nSPS) is 15.3. The quantitative estimate of drug-likeness (QED) is 0.455. The highest BCUT2D eigenvalue weighted by molar-refractivity contribution is 7.91. The first-order chi connectivity index (χ1) is 17.2. The number of amides is 1. The highest BCUT2D eigenvalue weighted by atomic mass is 32.2. The van der Waals surface area contributed by atoms with E-state index in [1.54, 1.807) is 43.3 Å². The topological polar surface area (TPSA) is 81.7 Å². The molecule has 0 saturated carbocycles. The Morgan fingerprint density at radius 3 is 2.25 bits per heavy atom. The maximum absolute atomic E-state index is 13.9. The summed E-state index contributed by atoms with van der Waals surface area (Å²) in [6.07, 6.45) is 1.05. The van der Waals surface area contributed by atoms with Gasteiger partial charge in [-0.1, -0.05) is 25.1 Å². The van der Waals surface area contributed by atoms with E-state index in [-0.39, 0.29) is 23.0 Å². The third kappa shape index (κ3) is 5.91. The minimum Gasteiger partial charge on any atom is -0.482 e. The molecule has 9 heteroatoms. The lowest BCUT2D eigenvalue weighted by Crippen LogP contribution is -2.39. The number of benzene rings is 3. The molecule has 3 aromatic carbocycles. The van der Waals surface area contributed by atoms with Gasteiger partial charge in [-0.15, -0.1) is 0 Å². The number of hydrogen-bond acceptors (Lipinski definition) is 5. The average Bonchev–Trinajstić information content (AvgIpc) is 2.87. The average molecular weight is 516 g/mol. The van der Waals surface area contributed by atoms with Crippen molar-refractivity contribution in [2.75, 3.05) is 24.3 Å². The molecule has 0 atom stereocenters. The van der Waals surface area contributed by atoms with E-state index in [2.05, 4.69) is 5.32 Å². The van der Waals surface area contributed by atoms with Gasteiger partial charge in [-0.3, -0.25) is 4.79 Å². The fraction of sp³-hybridized carbons (Fsp3) is 0.296. The number of ether oxygens (including phenoxy) is 2. The van der Waals surface area contributed by atoms with Gasteiger partial charge in [-0.05, 0) is 59.7 Å². The Kier molecular flexibility index (Phi) is 7.70. The largest absolute Gasteiger partial charge is 0.482 e. The van der Waals surface area contributed by atoms with Gasteiger partial charge in [-0.25, -0.2) is 17.2 Å². The number of hydrogen-bond donors (Lipinski definition) is 1. The summed E-state index contributed by atoms with van der Waals surface area (Å²) in [4.78, 5) is 12.7. The zero-order chi connectivity index (χ0) is 25.8. The van der Waals surface area contributed by atoms with Gasteiger partial charge < -0.3 is 14.8 Å². The van der Waals surface area contributed by atoms with E-state index in [9.17, 15) is 22.0 Å². The third-order valence-corrected chi connectivity index (χ3v) is 7.98. The van der Waals surface area contributed by atoms with Gasteiger partial charge >= 0.3 is 0 Å². The molecule has 1 amide bonds. The van der Waals surface area contributed by atoms with E-state index in [1.165, 1.54) is 24.3 Å². The molecular formula is C27H27F2NO5S. The summed E-state index contributed by atoms with van der Waals surface area (Å²) in [5.41, 5.74) is 0.941. The number of carbonyl (C=O) groups excluding carboxylic acids is 1. The van der Waals surface area contributed by atoms with Crippen LogP contribution in [0.5, 0.6) is 5.75 Å². The molecule has 1 saturated heterocycles. The van der Waals surface area contributed by atoms with Crippen LogP contribution in [0.15, 0.2) is 71.6 Å². The zero-order valence-corrected chi connectivity index (χ0v) is 20.6. The van der Waals surface area contributed by atoms with E-state index in [0.29, 0.717) is 48.6 Å².